The number of carbonyl (C=O) groups is 1. The number of aliphatic hydroxyl groups is 1. The zero-order chi connectivity index (χ0) is 22.7. The molecule has 1 heterocycles. The van der Waals surface area contributed by atoms with Crippen LogP contribution in [-0.2, 0) is 10.2 Å². The van der Waals surface area contributed by atoms with Gasteiger partial charge in [0.15, 0.2) is 0 Å². The van der Waals surface area contributed by atoms with Crippen molar-refractivity contribution in [3.8, 4) is 5.75 Å². The summed E-state index contributed by atoms with van der Waals surface area (Å²) in [6.45, 7) is 0.458. The Labute approximate surface area is 192 Å². The summed E-state index contributed by atoms with van der Waals surface area (Å²) in [4.78, 5) is 12.5. The maximum Gasteiger partial charge on any atom is 0.304 e. The Bertz CT molecular complexity index is 998. The molecule has 4 bridgehead atoms. The van der Waals surface area contributed by atoms with E-state index < -0.39 is 33.6 Å². The minimum Gasteiger partial charge on any atom is -0.491 e. The first-order valence-electron chi connectivity index (χ1n) is 11.2. The van der Waals surface area contributed by atoms with Crippen LogP contribution in [0.2, 0.25) is 5.02 Å². The van der Waals surface area contributed by atoms with Crippen molar-refractivity contribution in [2.45, 2.75) is 51.0 Å². The van der Waals surface area contributed by atoms with Crippen LogP contribution in [0, 0.1) is 29.0 Å². The van der Waals surface area contributed by atoms with E-state index in [1.807, 2.05) is 4.72 Å². The summed E-state index contributed by atoms with van der Waals surface area (Å²) in [5.74, 6) is 0.454. The minimum atomic E-state index is -4.18. The summed E-state index contributed by atoms with van der Waals surface area (Å²) >= 11 is 6.28. The van der Waals surface area contributed by atoms with Gasteiger partial charge in [-0.3, -0.25) is 4.79 Å². The van der Waals surface area contributed by atoms with E-state index >= 15 is 0 Å². The third-order valence-electron chi connectivity index (χ3n) is 7.65. The first-order chi connectivity index (χ1) is 15.1. The number of nitrogens with zero attached hydrogens (tertiary/aromatic N) is 1. The molecule has 0 unspecified atom stereocenters. The standard InChI is InChI=1S/C22H28ClFN2O5S/c23-18-6-17(21(28)25-32(29,30)26-2-1-16(27)11-26)19(24)7-20(18)31-12-22-8-13-3-14(9-22)5-15(4-13)10-22/h6-7,13-16,27H,1-5,8-12H2,(H,25,28)/t13?,14?,15?,16-,22?/m0/s1. The molecule has 1 aromatic carbocycles. The number of ether oxygens (including phenoxy) is 1. The van der Waals surface area contributed by atoms with Crippen molar-refractivity contribution in [2.24, 2.45) is 23.2 Å². The fourth-order valence-electron chi connectivity index (χ4n) is 6.68. The molecule has 0 radical (unpaired) electrons. The monoisotopic (exact) mass is 486 g/mol. The minimum absolute atomic E-state index is 0.0651. The molecule has 1 aliphatic heterocycles. The summed E-state index contributed by atoms with van der Waals surface area (Å²) in [5, 5.41) is 9.60. The second-order valence-corrected chi connectivity index (χ2v) is 12.3. The largest absolute Gasteiger partial charge is 0.491 e. The molecular formula is C22H28ClFN2O5S. The summed E-state index contributed by atoms with van der Waals surface area (Å²) in [7, 11) is -4.18. The van der Waals surface area contributed by atoms with Gasteiger partial charge in [0.1, 0.15) is 11.6 Å². The van der Waals surface area contributed by atoms with Crippen LogP contribution >= 0.6 is 11.6 Å². The highest BCUT2D eigenvalue weighted by molar-refractivity contribution is 7.87. The molecule has 6 rings (SSSR count). The van der Waals surface area contributed by atoms with Crippen LogP contribution in [0.25, 0.3) is 0 Å². The lowest BCUT2D eigenvalue weighted by molar-refractivity contribution is -0.0745. The van der Waals surface area contributed by atoms with Crippen LogP contribution in [0.4, 0.5) is 4.39 Å². The molecule has 1 aromatic rings. The number of hydrogen-bond donors (Lipinski definition) is 2. The number of amides is 1. The molecule has 0 spiro atoms. The molecule has 5 fully saturated rings. The topological polar surface area (TPSA) is 95.9 Å². The number of benzene rings is 1. The summed E-state index contributed by atoms with van der Waals surface area (Å²) in [6, 6.07) is 2.17. The molecule has 176 valence electrons. The van der Waals surface area contributed by atoms with Crippen LogP contribution in [0.3, 0.4) is 0 Å². The number of aliphatic hydroxyl groups excluding tert-OH is 1. The Morgan fingerprint density at radius 3 is 2.41 bits per heavy atom. The second-order valence-electron chi connectivity index (χ2n) is 10.2. The number of carbonyl (C=O) groups excluding carboxylic acids is 1. The number of rotatable bonds is 6. The molecule has 4 aliphatic carbocycles. The van der Waals surface area contributed by atoms with Gasteiger partial charge in [-0.1, -0.05) is 11.6 Å². The van der Waals surface area contributed by atoms with Gasteiger partial charge >= 0.3 is 10.2 Å². The van der Waals surface area contributed by atoms with Gasteiger partial charge in [-0.25, -0.2) is 9.11 Å². The predicted octanol–water partition coefficient (Wildman–Crippen LogP) is 3.12. The summed E-state index contributed by atoms with van der Waals surface area (Å²) < 4.78 is 48.2. The van der Waals surface area contributed by atoms with E-state index in [4.69, 9.17) is 16.3 Å². The molecule has 1 saturated heterocycles. The number of β-amino-alcohol motifs (C(OH)–C–C–N with tert-alkyl or cyclic N) is 1. The van der Waals surface area contributed by atoms with Crippen molar-refractivity contribution in [3.05, 3.63) is 28.5 Å². The molecule has 5 aliphatic rings. The quantitative estimate of drug-likeness (QED) is 0.644. The van der Waals surface area contributed by atoms with Gasteiger partial charge in [0.2, 0.25) is 0 Å². The molecule has 4 saturated carbocycles. The maximum absolute atomic E-state index is 14.7. The normalized spacial score (nSPS) is 34.1. The fraction of sp³-hybridized carbons (Fsp3) is 0.682. The van der Waals surface area contributed by atoms with E-state index in [0.717, 1.165) is 53.5 Å². The molecule has 32 heavy (non-hydrogen) atoms. The lowest BCUT2D eigenvalue weighted by Gasteiger charge is -2.56. The fourth-order valence-corrected chi connectivity index (χ4v) is 8.08. The Balaban J connectivity index is 1.27. The van der Waals surface area contributed by atoms with Crippen molar-refractivity contribution in [1.82, 2.24) is 9.03 Å². The zero-order valence-electron chi connectivity index (χ0n) is 17.7. The lowest BCUT2D eigenvalue weighted by atomic mass is 9.50. The van der Waals surface area contributed by atoms with E-state index in [2.05, 4.69) is 0 Å². The highest BCUT2D eigenvalue weighted by Crippen LogP contribution is 2.60. The van der Waals surface area contributed by atoms with Gasteiger partial charge in [0, 0.05) is 24.6 Å². The van der Waals surface area contributed by atoms with Gasteiger partial charge in [-0.15, -0.1) is 0 Å². The van der Waals surface area contributed by atoms with Gasteiger partial charge in [0.25, 0.3) is 5.91 Å². The van der Waals surface area contributed by atoms with Crippen LogP contribution < -0.4 is 9.46 Å². The molecule has 2 N–H and O–H groups in total. The first-order valence-corrected chi connectivity index (χ1v) is 13.1. The van der Waals surface area contributed by atoms with Crippen LogP contribution in [0.1, 0.15) is 55.3 Å². The van der Waals surface area contributed by atoms with Crippen LogP contribution in [0.5, 0.6) is 5.75 Å². The van der Waals surface area contributed by atoms with Crippen molar-refractivity contribution in [2.75, 3.05) is 19.7 Å². The molecule has 1 atom stereocenters. The molecule has 10 heteroatoms. The first kappa shape index (κ1) is 22.4. The van der Waals surface area contributed by atoms with E-state index in [1.165, 1.54) is 19.3 Å². The Morgan fingerprint density at radius 2 is 1.84 bits per heavy atom. The summed E-state index contributed by atoms with van der Waals surface area (Å²) in [6.07, 6.45) is 6.88. The van der Waals surface area contributed by atoms with Gasteiger partial charge < -0.3 is 9.84 Å². The number of nitrogens with one attached hydrogen (secondary N) is 1. The lowest BCUT2D eigenvalue weighted by Crippen LogP contribution is -2.48. The van der Waals surface area contributed by atoms with Crippen molar-refractivity contribution in [3.63, 3.8) is 0 Å². The van der Waals surface area contributed by atoms with Gasteiger partial charge in [-0.2, -0.15) is 12.7 Å². The van der Waals surface area contributed by atoms with Crippen molar-refractivity contribution < 1.29 is 27.4 Å². The van der Waals surface area contributed by atoms with E-state index in [0.29, 0.717) is 6.61 Å². The molecular weight excluding hydrogens is 459 g/mol. The molecule has 7 nitrogen and oxygen atoms in total. The average Bonchev–Trinajstić information content (AvgIpc) is 3.14. The predicted molar refractivity (Wildman–Crippen MR) is 116 cm³/mol. The smallest absolute Gasteiger partial charge is 0.304 e. The van der Waals surface area contributed by atoms with Crippen LogP contribution in [-0.4, -0.2) is 49.5 Å². The second kappa shape index (κ2) is 8.11. The SMILES string of the molecule is O=C(NS(=O)(=O)N1CC[C@H](O)C1)c1cc(Cl)c(OCC23CC4CC(CC(C4)C2)C3)cc1F. The summed E-state index contributed by atoms with van der Waals surface area (Å²) in [5.41, 5.74) is -0.348. The Morgan fingerprint density at radius 1 is 1.22 bits per heavy atom. The van der Waals surface area contributed by atoms with Crippen molar-refractivity contribution >= 4 is 27.7 Å². The highest BCUT2D eigenvalue weighted by atomic mass is 35.5. The highest BCUT2D eigenvalue weighted by Gasteiger charge is 2.51. The Hall–Kier alpha value is -1.42. The number of hydrogen-bond acceptors (Lipinski definition) is 5. The average molecular weight is 487 g/mol. The van der Waals surface area contributed by atoms with Gasteiger partial charge in [-0.05, 0) is 68.8 Å². The maximum atomic E-state index is 14.7. The third-order valence-corrected chi connectivity index (χ3v) is 9.40. The van der Waals surface area contributed by atoms with Gasteiger partial charge in [0.05, 0.1) is 23.3 Å². The molecule has 1 amide bonds. The third kappa shape index (κ3) is 4.24. The van der Waals surface area contributed by atoms with E-state index in [1.54, 1.807) is 0 Å². The number of halogens is 2. The van der Waals surface area contributed by atoms with Crippen LogP contribution in [0.15, 0.2) is 12.1 Å². The molecule has 0 aromatic heterocycles. The zero-order valence-corrected chi connectivity index (χ0v) is 19.3. The van der Waals surface area contributed by atoms with E-state index in [-0.39, 0.29) is 35.7 Å². The van der Waals surface area contributed by atoms with E-state index in [9.17, 15) is 22.7 Å². The van der Waals surface area contributed by atoms with Crippen molar-refractivity contribution in [1.29, 1.82) is 0 Å². The Kier molecular flexibility index (Phi) is 5.67.